The van der Waals surface area contributed by atoms with E-state index >= 15 is 0 Å². The average molecular weight is 461 g/mol. The first kappa shape index (κ1) is 26.8. The summed E-state index contributed by atoms with van der Waals surface area (Å²) in [6.45, 7) is 14.3. The number of aryl methyl sites for hydroxylation is 6. The fraction of sp³-hybridized carbons (Fsp3) is 0.333. The fourth-order valence-electron chi connectivity index (χ4n) is 3.93. The third-order valence-electron chi connectivity index (χ3n) is 6.72. The van der Waals surface area contributed by atoms with Crippen LogP contribution in [0.5, 0.6) is 0 Å². The smallest absolute Gasteiger partial charge is 0.307 e. The van der Waals surface area contributed by atoms with Crippen molar-refractivity contribution in [2.75, 3.05) is 0 Å². The van der Waals surface area contributed by atoms with Crippen molar-refractivity contribution in [1.82, 2.24) is 0 Å². The topological polar surface area (TPSA) is 74.6 Å². The summed E-state index contributed by atoms with van der Waals surface area (Å²) in [5.41, 5.74) is 9.63. The standard InChI is InChI=1S/C20H24O2.C10H12O2/c1-13-6-8-17(10-15(13)3)20(5,12-19(21)22)18-9-7-14(2)16(4)11-18;1-7-3-4-9(5-8(7)2)6-10(11)12/h6-11H,12H2,1-5H3,(H,21,22);3-5H,6H2,1-2H3,(H,11,12). The zero-order valence-electron chi connectivity index (χ0n) is 21.3. The van der Waals surface area contributed by atoms with Gasteiger partial charge in [0.2, 0.25) is 0 Å². The van der Waals surface area contributed by atoms with E-state index in [1.165, 1.54) is 27.8 Å². The second-order valence-corrected chi connectivity index (χ2v) is 9.49. The van der Waals surface area contributed by atoms with Gasteiger partial charge >= 0.3 is 11.9 Å². The van der Waals surface area contributed by atoms with Crippen LogP contribution < -0.4 is 0 Å². The van der Waals surface area contributed by atoms with Gasteiger partial charge < -0.3 is 10.2 Å². The van der Waals surface area contributed by atoms with Crippen molar-refractivity contribution in [3.63, 3.8) is 0 Å². The Morgan fingerprint density at radius 1 is 0.618 bits per heavy atom. The van der Waals surface area contributed by atoms with Crippen molar-refractivity contribution in [1.29, 1.82) is 0 Å². The van der Waals surface area contributed by atoms with Crippen LogP contribution >= 0.6 is 0 Å². The number of aliphatic carboxylic acids is 2. The molecule has 0 heterocycles. The number of benzene rings is 3. The van der Waals surface area contributed by atoms with Crippen molar-refractivity contribution >= 4 is 11.9 Å². The van der Waals surface area contributed by atoms with Gasteiger partial charge in [0.1, 0.15) is 0 Å². The van der Waals surface area contributed by atoms with Crippen LogP contribution in [-0.4, -0.2) is 22.2 Å². The first-order valence-corrected chi connectivity index (χ1v) is 11.5. The van der Waals surface area contributed by atoms with Crippen LogP contribution in [0.3, 0.4) is 0 Å². The van der Waals surface area contributed by atoms with Crippen LogP contribution in [0.2, 0.25) is 0 Å². The van der Waals surface area contributed by atoms with E-state index in [2.05, 4.69) is 64.1 Å². The Bertz CT molecular complexity index is 1140. The zero-order chi connectivity index (χ0) is 25.6. The Kier molecular flexibility index (Phi) is 8.80. The van der Waals surface area contributed by atoms with Gasteiger partial charge in [-0.05, 0) is 91.6 Å². The maximum Gasteiger partial charge on any atom is 0.307 e. The summed E-state index contributed by atoms with van der Waals surface area (Å²) in [6.07, 6.45) is 0.194. The number of carboxylic acids is 2. The molecule has 4 heteroatoms. The highest BCUT2D eigenvalue weighted by molar-refractivity contribution is 5.71. The first-order valence-electron chi connectivity index (χ1n) is 11.5. The van der Waals surface area contributed by atoms with Crippen LogP contribution in [0.1, 0.15) is 63.4 Å². The Morgan fingerprint density at radius 2 is 1.03 bits per heavy atom. The highest BCUT2D eigenvalue weighted by atomic mass is 16.4. The lowest BCUT2D eigenvalue weighted by Crippen LogP contribution is -2.27. The molecule has 3 rings (SSSR count). The van der Waals surface area contributed by atoms with Crippen molar-refractivity contribution in [3.05, 3.63) is 105 Å². The number of carbonyl (C=O) groups is 2. The molecule has 3 aromatic carbocycles. The molecule has 0 unspecified atom stereocenters. The van der Waals surface area contributed by atoms with Crippen molar-refractivity contribution in [3.8, 4) is 0 Å². The van der Waals surface area contributed by atoms with Gasteiger partial charge in [-0.3, -0.25) is 9.59 Å². The fourth-order valence-corrected chi connectivity index (χ4v) is 3.93. The minimum Gasteiger partial charge on any atom is -0.481 e. The van der Waals surface area contributed by atoms with Crippen LogP contribution in [-0.2, 0) is 21.4 Å². The third kappa shape index (κ3) is 6.80. The van der Waals surface area contributed by atoms with Crippen LogP contribution in [0.15, 0.2) is 54.6 Å². The lowest BCUT2D eigenvalue weighted by Gasteiger charge is -2.30. The summed E-state index contributed by atoms with van der Waals surface area (Å²) < 4.78 is 0. The van der Waals surface area contributed by atoms with Crippen molar-refractivity contribution in [2.24, 2.45) is 0 Å². The molecular weight excluding hydrogens is 424 g/mol. The van der Waals surface area contributed by atoms with E-state index in [1.54, 1.807) is 0 Å². The van der Waals surface area contributed by atoms with Gasteiger partial charge in [-0.15, -0.1) is 0 Å². The highest BCUT2D eigenvalue weighted by Crippen LogP contribution is 2.37. The molecule has 180 valence electrons. The Labute approximate surface area is 203 Å². The van der Waals surface area contributed by atoms with Crippen LogP contribution in [0.25, 0.3) is 0 Å². The molecule has 2 N–H and O–H groups in total. The van der Waals surface area contributed by atoms with Gasteiger partial charge in [0.05, 0.1) is 12.8 Å². The summed E-state index contributed by atoms with van der Waals surface area (Å²) in [5, 5.41) is 17.9. The molecule has 0 aliphatic rings. The monoisotopic (exact) mass is 460 g/mol. The largest absolute Gasteiger partial charge is 0.481 e. The van der Waals surface area contributed by atoms with E-state index in [0.717, 1.165) is 22.3 Å². The zero-order valence-corrected chi connectivity index (χ0v) is 21.3. The lowest BCUT2D eigenvalue weighted by molar-refractivity contribution is -0.138. The Balaban J connectivity index is 0.000000287. The number of hydrogen-bond donors (Lipinski definition) is 2. The number of hydrogen-bond acceptors (Lipinski definition) is 2. The van der Waals surface area contributed by atoms with Gasteiger partial charge in [0.25, 0.3) is 0 Å². The van der Waals surface area contributed by atoms with Crippen LogP contribution in [0.4, 0.5) is 0 Å². The lowest BCUT2D eigenvalue weighted by atomic mass is 9.72. The van der Waals surface area contributed by atoms with Crippen LogP contribution in [0, 0.1) is 41.5 Å². The molecule has 0 saturated carbocycles. The van der Waals surface area contributed by atoms with E-state index in [1.807, 2.05) is 39.0 Å². The number of rotatable bonds is 6. The molecule has 0 aliphatic heterocycles. The maximum atomic E-state index is 11.5. The van der Waals surface area contributed by atoms with Gasteiger partial charge in [-0.2, -0.15) is 0 Å². The molecule has 0 atom stereocenters. The second kappa shape index (κ2) is 11.1. The highest BCUT2D eigenvalue weighted by Gasteiger charge is 2.32. The molecular formula is C30H36O4. The minimum atomic E-state index is -0.779. The summed E-state index contributed by atoms with van der Waals surface area (Å²) >= 11 is 0. The van der Waals surface area contributed by atoms with Crippen molar-refractivity contribution < 1.29 is 19.8 Å². The molecule has 0 aromatic heterocycles. The van der Waals surface area contributed by atoms with E-state index in [4.69, 9.17) is 5.11 Å². The summed E-state index contributed by atoms with van der Waals surface area (Å²) in [6, 6.07) is 18.2. The molecule has 0 fully saturated rings. The minimum absolute atomic E-state index is 0.0814. The molecule has 0 amide bonds. The Hall–Kier alpha value is -3.40. The summed E-state index contributed by atoms with van der Waals surface area (Å²) in [5.74, 6) is -1.56. The molecule has 34 heavy (non-hydrogen) atoms. The molecule has 0 aliphatic carbocycles. The van der Waals surface area contributed by atoms with E-state index in [9.17, 15) is 14.7 Å². The van der Waals surface area contributed by atoms with Gasteiger partial charge in [-0.1, -0.05) is 61.5 Å². The van der Waals surface area contributed by atoms with Crippen molar-refractivity contribution in [2.45, 2.75) is 66.7 Å². The summed E-state index contributed by atoms with van der Waals surface area (Å²) in [7, 11) is 0. The number of carboxylic acid groups (broad SMARTS) is 2. The van der Waals surface area contributed by atoms with Gasteiger partial charge in [-0.25, -0.2) is 0 Å². The molecule has 0 saturated heterocycles. The maximum absolute atomic E-state index is 11.5. The third-order valence-corrected chi connectivity index (χ3v) is 6.72. The van der Waals surface area contributed by atoms with E-state index in [-0.39, 0.29) is 12.8 Å². The molecule has 3 aromatic rings. The molecule has 0 radical (unpaired) electrons. The van der Waals surface area contributed by atoms with E-state index < -0.39 is 17.4 Å². The Morgan fingerprint density at radius 3 is 1.38 bits per heavy atom. The summed E-state index contributed by atoms with van der Waals surface area (Å²) in [4.78, 5) is 21.8. The van der Waals surface area contributed by atoms with Gasteiger partial charge in [0.15, 0.2) is 0 Å². The SMILES string of the molecule is Cc1ccc(C(C)(CC(=O)O)c2ccc(C)c(C)c2)cc1C.Cc1ccc(CC(=O)O)cc1C. The second-order valence-electron chi connectivity index (χ2n) is 9.49. The predicted octanol–water partition coefficient (Wildman–Crippen LogP) is 6.63. The first-order chi connectivity index (χ1) is 15.8. The quantitative estimate of drug-likeness (QED) is 0.433. The molecule has 0 spiro atoms. The molecule has 4 nitrogen and oxygen atoms in total. The predicted molar refractivity (Wildman–Crippen MR) is 138 cm³/mol. The molecule has 0 bridgehead atoms. The van der Waals surface area contributed by atoms with Gasteiger partial charge in [0, 0.05) is 5.41 Å². The van der Waals surface area contributed by atoms with E-state index in [0.29, 0.717) is 0 Å². The average Bonchev–Trinajstić information content (AvgIpc) is 2.74. The normalized spacial score (nSPS) is 10.9.